The van der Waals surface area contributed by atoms with Gasteiger partial charge in [-0.3, -0.25) is 0 Å². The van der Waals surface area contributed by atoms with Crippen molar-refractivity contribution in [3.63, 3.8) is 0 Å². The lowest BCUT2D eigenvalue weighted by atomic mass is 10.2. The molecule has 88 valence electrons. The quantitative estimate of drug-likeness (QED) is 0.877. The zero-order valence-electron chi connectivity index (χ0n) is 9.08. The van der Waals surface area contributed by atoms with E-state index in [1.807, 2.05) is 22.9 Å². The van der Waals surface area contributed by atoms with Crippen LogP contribution in [0.1, 0.15) is 17.7 Å². The third-order valence-corrected chi connectivity index (χ3v) is 4.00. The third-order valence-electron chi connectivity index (χ3n) is 3.10. The summed E-state index contributed by atoms with van der Waals surface area (Å²) >= 11 is 9.56. The molecule has 0 aliphatic heterocycles. The molecule has 5 heteroatoms. The predicted octanol–water partition coefficient (Wildman–Crippen LogP) is 3.36. The Morgan fingerprint density at radius 2 is 2.18 bits per heavy atom. The van der Waals surface area contributed by atoms with Crippen molar-refractivity contribution in [3.8, 4) is 5.69 Å². The number of halogens is 2. The van der Waals surface area contributed by atoms with Crippen molar-refractivity contribution in [1.82, 2.24) is 9.78 Å². The molecule has 0 amide bonds. The van der Waals surface area contributed by atoms with E-state index in [-0.39, 0.29) is 0 Å². The minimum absolute atomic E-state index is 0.643. The maximum absolute atomic E-state index is 6.03. The number of fused-ring (bicyclic) bond motifs is 1. The number of nitrogen functional groups attached to an aromatic ring is 1. The highest BCUT2D eigenvalue weighted by atomic mass is 79.9. The Bertz CT molecular complexity index is 592. The summed E-state index contributed by atoms with van der Waals surface area (Å²) in [5, 5.41) is 5.11. The first-order valence-electron chi connectivity index (χ1n) is 5.48. The number of aromatic nitrogens is 2. The molecule has 0 fully saturated rings. The molecule has 2 aromatic rings. The van der Waals surface area contributed by atoms with Crippen LogP contribution in [0, 0.1) is 0 Å². The Kier molecular flexibility index (Phi) is 2.64. The van der Waals surface area contributed by atoms with Gasteiger partial charge >= 0.3 is 0 Å². The van der Waals surface area contributed by atoms with Gasteiger partial charge in [-0.2, -0.15) is 5.10 Å². The van der Waals surface area contributed by atoms with E-state index < -0.39 is 0 Å². The number of rotatable bonds is 1. The molecule has 1 aromatic heterocycles. The lowest BCUT2D eigenvalue weighted by Crippen LogP contribution is -2.02. The standard InChI is InChI=1S/C12H11BrClN3/c13-9-5-4-7(14)6-11(9)17-10-3-1-2-8(10)12(15)16-17/h4-6H,1-3H2,(H2,15,16). The van der Waals surface area contributed by atoms with E-state index in [1.54, 1.807) is 0 Å². The summed E-state index contributed by atoms with van der Waals surface area (Å²) in [7, 11) is 0. The Morgan fingerprint density at radius 3 is 3.00 bits per heavy atom. The van der Waals surface area contributed by atoms with Gasteiger partial charge in [0.25, 0.3) is 0 Å². The first-order chi connectivity index (χ1) is 8.16. The van der Waals surface area contributed by atoms with E-state index >= 15 is 0 Å². The molecular formula is C12H11BrClN3. The van der Waals surface area contributed by atoms with Crippen molar-refractivity contribution in [2.45, 2.75) is 19.3 Å². The molecule has 1 aliphatic rings. The van der Waals surface area contributed by atoms with Gasteiger partial charge in [-0.15, -0.1) is 0 Å². The highest BCUT2D eigenvalue weighted by Gasteiger charge is 2.22. The molecule has 0 radical (unpaired) electrons. The van der Waals surface area contributed by atoms with E-state index in [0.29, 0.717) is 10.8 Å². The first-order valence-corrected chi connectivity index (χ1v) is 6.65. The second-order valence-corrected chi connectivity index (χ2v) is 5.46. The Balaban J connectivity index is 2.22. The van der Waals surface area contributed by atoms with Crippen LogP contribution in [0.2, 0.25) is 5.02 Å². The van der Waals surface area contributed by atoms with Gasteiger partial charge in [-0.05, 0) is 53.4 Å². The number of hydrogen-bond acceptors (Lipinski definition) is 2. The van der Waals surface area contributed by atoms with Gasteiger partial charge in [0.15, 0.2) is 0 Å². The van der Waals surface area contributed by atoms with Gasteiger partial charge < -0.3 is 5.73 Å². The number of hydrogen-bond donors (Lipinski definition) is 1. The molecule has 0 bridgehead atoms. The summed E-state index contributed by atoms with van der Waals surface area (Å²) in [6, 6.07) is 5.68. The van der Waals surface area contributed by atoms with E-state index in [9.17, 15) is 0 Å². The lowest BCUT2D eigenvalue weighted by Gasteiger charge is -2.08. The van der Waals surface area contributed by atoms with Gasteiger partial charge in [0.05, 0.1) is 5.69 Å². The van der Waals surface area contributed by atoms with Crippen molar-refractivity contribution in [2.75, 3.05) is 5.73 Å². The van der Waals surface area contributed by atoms with E-state index in [4.69, 9.17) is 17.3 Å². The molecule has 0 saturated carbocycles. The molecule has 1 heterocycles. The summed E-state index contributed by atoms with van der Waals surface area (Å²) in [5.74, 6) is 0.643. The average molecular weight is 313 g/mol. The Hall–Kier alpha value is -1.00. The molecule has 0 atom stereocenters. The van der Waals surface area contributed by atoms with Crippen LogP contribution in [0.3, 0.4) is 0 Å². The molecule has 2 N–H and O–H groups in total. The maximum Gasteiger partial charge on any atom is 0.149 e. The molecule has 3 rings (SSSR count). The van der Waals surface area contributed by atoms with E-state index in [2.05, 4.69) is 21.0 Å². The van der Waals surface area contributed by atoms with Crippen LogP contribution in [0.5, 0.6) is 0 Å². The zero-order chi connectivity index (χ0) is 12.0. The number of nitrogens with zero attached hydrogens (tertiary/aromatic N) is 2. The fourth-order valence-electron chi connectivity index (χ4n) is 2.31. The first kappa shape index (κ1) is 11.1. The molecular weight excluding hydrogens is 302 g/mol. The van der Waals surface area contributed by atoms with Gasteiger partial charge in [-0.1, -0.05) is 11.6 Å². The largest absolute Gasteiger partial charge is 0.382 e. The van der Waals surface area contributed by atoms with E-state index in [1.165, 1.54) is 11.3 Å². The van der Waals surface area contributed by atoms with E-state index in [0.717, 1.165) is 29.4 Å². The molecule has 17 heavy (non-hydrogen) atoms. The van der Waals surface area contributed by atoms with Crippen LogP contribution in [0.25, 0.3) is 5.69 Å². The summed E-state index contributed by atoms with van der Waals surface area (Å²) in [6.07, 6.45) is 3.20. The summed E-state index contributed by atoms with van der Waals surface area (Å²) in [6.45, 7) is 0. The molecule has 0 saturated heterocycles. The monoisotopic (exact) mass is 311 g/mol. The Morgan fingerprint density at radius 1 is 1.35 bits per heavy atom. The SMILES string of the molecule is Nc1nn(-c2cc(Cl)ccc2Br)c2c1CCC2. The number of benzene rings is 1. The van der Waals surface area contributed by atoms with Crippen molar-refractivity contribution >= 4 is 33.3 Å². The van der Waals surface area contributed by atoms with Crippen LogP contribution in [0.4, 0.5) is 5.82 Å². The molecule has 1 aliphatic carbocycles. The van der Waals surface area contributed by atoms with Gasteiger partial charge in [0.1, 0.15) is 5.82 Å². The van der Waals surface area contributed by atoms with Crippen LogP contribution < -0.4 is 5.73 Å². The Labute approximate surface area is 113 Å². The lowest BCUT2D eigenvalue weighted by molar-refractivity contribution is 0.786. The van der Waals surface area contributed by atoms with Crippen molar-refractivity contribution in [1.29, 1.82) is 0 Å². The summed E-state index contributed by atoms with van der Waals surface area (Å²) in [5.41, 5.74) is 9.29. The third kappa shape index (κ3) is 1.76. The fourth-order valence-corrected chi connectivity index (χ4v) is 2.89. The van der Waals surface area contributed by atoms with Gasteiger partial charge in [0, 0.05) is 20.8 Å². The number of anilines is 1. The molecule has 0 spiro atoms. The molecule has 0 unspecified atom stereocenters. The fraction of sp³-hybridized carbons (Fsp3) is 0.250. The van der Waals surface area contributed by atoms with Crippen LogP contribution in [0.15, 0.2) is 22.7 Å². The normalized spacial score (nSPS) is 14.0. The molecule has 1 aromatic carbocycles. The van der Waals surface area contributed by atoms with Crippen molar-refractivity contribution in [2.24, 2.45) is 0 Å². The highest BCUT2D eigenvalue weighted by molar-refractivity contribution is 9.10. The highest BCUT2D eigenvalue weighted by Crippen LogP contribution is 2.32. The molecule has 3 nitrogen and oxygen atoms in total. The smallest absolute Gasteiger partial charge is 0.149 e. The van der Waals surface area contributed by atoms with Crippen LogP contribution in [-0.2, 0) is 12.8 Å². The van der Waals surface area contributed by atoms with Crippen LogP contribution >= 0.6 is 27.5 Å². The minimum Gasteiger partial charge on any atom is -0.382 e. The second-order valence-electron chi connectivity index (χ2n) is 4.17. The number of nitrogens with two attached hydrogens (primary N) is 1. The topological polar surface area (TPSA) is 43.8 Å². The minimum atomic E-state index is 0.643. The second kappa shape index (κ2) is 4.03. The van der Waals surface area contributed by atoms with Gasteiger partial charge in [0.2, 0.25) is 0 Å². The van der Waals surface area contributed by atoms with Crippen molar-refractivity contribution < 1.29 is 0 Å². The predicted molar refractivity (Wildman–Crippen MR) is 72.7 cm³/mol. The zero-order valence-corrected chi connectivity index (χ0v) is 11.4. The summed E-state index contributed by atoms with van der Waals surface area (Å²) < 4.78 is 2.88. The van der Waals surface area contributed by atoms with Crippen molar-refractivity contribution in [3.05, 3.63) is 39.0 Å². The maximum atomic E-state index is 6.03. The van der Waals surface area contributed by atoms with Gasteiger partial charge in [-0.25, -0.2) is 4.68 Å². The average Bonchev–Trinajstić information content (AvgIpc) is 2.87. The summed E-state index contributed by atoms with van der Waals surface area (Å²) in [4.78, 5) is 0. The van der Waals surface area contributed by atoms with Crippen LogP contribution in [-0.4, -0.2) is 9.78 Å².